The first-order valence-electron chi connectivity index (χ1n) is 7.48. The molecule has 0 bridgehead atoms. The Bertz CT molecular complexity index is 656. The van der Waals surface area contributed by atoms with Crippen LogP contribution in [-0.4, -0.2) is 28.4 Å². The number of carbonyl (C=O) groups is 1. The molecule has 3 nitrogen and oxygen atoms in total. The first-order chi connectivity index (χ1) is 9.58. The van der Waals surface area contributed by atoms with Gasteiger partial charge in [0, 0.05) is 34.7 Å². The number of likely N-dealkylation sites (tertiary alicyclic amines) is 1. The largest absolute Gasteiger partial charge is 0.358 e. The van der Waals surface area contributed by atoms with E-state index in [2.05, 4.69) is 25.8 Å². The molecule has 0 radical (unpaired) electrons. The quantitative estimate of drug-likeness (QED) is 0.840. The molecule has 1 fully saturated rings. The van der Waals surface area contributed by atoms with Crippen LogP contribution < -0.4 is 0 Å². The summed E-state index contributed by atoms with van der Waals surface area (Å²) in [6.45, 7) is 7.22. The summed E-state index contributed by atoms with van der Waals surface area (Å²) in [5, 5.41) is 1.16. The Balaban J connectivity index is 1.97. The van der Waals surface area contributed by atoms with Crippen molar-refractivity contribution in [2.24, 2.45) is 0 Å². The first-order valence-corrected chi connectivity index (χ1v) is 7.48. The van der Waals surface area contributed by atoms with E-state index >= 15 is 0 Å². The smallest absolute Gasteiger partial charge is 0.254 e. The number of aryl methyl sites for hydroxylation is 2. The molecule has 2 aromatic rings. The van der Waals surface area contributed by atoms with Crippen LogP contribution >= 0.6 is 0 Å². The highest BCUT2D eigenvalue weighted by Crippen LogP contribution is 2.25. The standard InChI is InChI=1S/C17H22N2O/c1-11-6-4-5-9-19(11)17(20)14-7-8-16-15(10-14)12(2)13(3)18-16/h7-8,10-11,18H,4-6,9H2,1-3H3. The molecule has 1 aliphatic rings. The molecule has 1 saturated heterocycles. The Hall–Kier alpha value is -1.77. The normalized spacial score (nSPS) is 19.6. The average Bonchev–Trinajstić information content (AvgIpc) is 2.74. The number of aromatic nitrogens is 1. The molecular weight excluding hydrogens is 248 g/mol. The first kappa shape index (κ1) is 13.2. The lowest BCUT2D eigenvalue weighted by molar-refractivity contribution is 0.0636. The molecule has 1 aliphatic heterocycles. The molecule has 1 N–H and O–H groups in total. The number of fused-ring (bicyclic) bond motifs is 1. The summed E-state index contributed by atoms with van der Waals surface area (Å²) in [5.41, 5.74) is 4.34. The maximum atomic E-state index is 12.7. The summed E-state index contributed by atoms with van der Waals surface area (Å²) in [4.78, 5) is 18.1. The number of nitrogens with one attached hydrogen (secondary N) is 1. The van der Waals surface area contributed by atoms with Gasteiger partial charge in [0.05, 0.1) is 0 Å². The van der Waals surface area contributed by atoms with E-state index in [0.717, 1.165) is 35.9 Å². The summed E-state index contributed by atoms with van der Waals surface area (Å²) in [6, 6.07) is 6.37. The number of H-pyrrole nitrogens is 1. The molecule has 1 amide bonds. The lowest BCUT2D eigenvalue weighted by atomic mass is 10.0. The van der Waals surface area contributed by atoms with Gasteiger partial charge >= 0.3 is 0 Å². The molecule has 1 aromatic carbocycles. The lowest BCUT2D eigenvalue weighted by Crippen LogP contribution is -2.42. The second-order valence-electron chi connectivity index (χ2n) is 5.98. The topological polar surface area (TPSA) is 36.1 Å². The summed E-state index contributed by atoms with van der Waals surface area (Å²) < 4.78 is 0. The number of rotatable bonds is 1. The molecule has 1 aromatic heterocycles. The highest BCUT2D eigenvalue weighted by molar-refractivity contribution is 5.99. The number of aromatic amines is 1. The third kappa shape index (κ3) is 2.11. The van der Waals surface area contributed by atoms with Crippen molar-refractivity contribution in [3.05, 3.63) is 35.0 Å². The maximum Gasteiger partial charge on any atom is 0.254 e. The van der Waals surface area contributed by atoms with Crippen LogP contribution in [0.5, 0.6) is 0 Å². The van der Waals surface area contributed by atoms with E-state index in [1.54, 1.807) is 0 Å². The monoisotopic (exact) mass is 270 g/mol. The number of nitrogens with zero attached hydrogens (tertiary/aromatic N) is 1. The van der Waals surface area contributed by atoms with Crippen molar-refractivity contribution < 1.29 is 4.79 Å². The van der Waals surface area contributed by atoms with Crippen LogP contribution in [0.2, 0.25) is 0 Å². The van der Waals surface area contributed by atoms with Gasteiger partial charge in [-0.05, 0) is 63.8 Å². The van der Waals surface area contributed by atoms with Crippen LogP contribution in [0.3, 0.4) is 0 Å². The molecule has 3 heteroatoms. The molecule has 1 atom stereocenters. The Morgan fingerprint density at radius 2 is 2.10 bits per heavy atom. The van der Waals surface area contributed by atoms with E-state index in [4.69, 9.17) is 0 Å². The molecule has 1 unspecified atom stereocenters. The zero-order valence-electron chi connectivity index (χ0n) is 12.5. The fourth-order valence-corrected chi connectivity index (χ4v) is 3.16. The third-order valence-corrected chi connectivity index (χ3v) is 4.62. The fraction of sp³-hybridized carbons (Fsp3) is 0.471. The lowest BCUT2D eigenvalue weighted by Gasteiger charge is -2.33. The van der Waals surface area contributed by atoms with Crippen molar-refractivity contribution in [2.75, 3.05) is 6.54 Å². The summed E-state index contributed by atoms with van der Waals surface area (Å²) in [7, 11) is 0. The van der Waals surface area contributed by atoms with Crippen molar-refractivity contribution in [2.45, 2.75) is 46.1 Å². The number of benzene rings is 1. The summed E-state index contributed by atoms with van der Waals surface area (Å²) in [6.07, 6.45) is 3.48. The third-order valence-electron chi connectivity index (χ3n) is 4.62. The highest BCUT2D eigenvalue weighted by atomic mass is 16.2. The predicted octanol–water partition coefficient (Wildman–Crippen LogP) is 3.80. The predicted molar refractivity (Wildman–Crippen MR) is 82.1 cm³/mol. The number of amides is 1. The minimum absolute atomic E-state index is 0.178. The van der Waals surface area contributed by atoms with Gasteiger partial charge in [-0.15, -0.1) is 0 Å². The molecule has 3 rings (SSSR count). The van der Waals surface area contributed by atoms with Gasteiger partial charge in [-0.1, -0.05) is 0 Å². The zero-order valence-corrected chi connectivity index (χ0v) is 12.5. The van der Waals surface area contributed by atoms with Crippen LogP contribution in [0.15, 0.2) is 18.2 Å². The second kappa shape index (κ2) is 4.97. The van der Waals surface area contributed by atoms with Gasteiger partial charge in [-0.25, -0.2) is 0 Å². The molecule has 20 heavy (non-hydrogen) atoms. The molecule has 0 spiro atoms. The van der Waals surface area contributed by atoms with Crippen LogP contribution in [-0.2, 0) is 0 Å². The number of hydrogen-bond acceptors (Lipinski definition) is 1. The number of piperidine rings is 1. The Kier molecular flexibility index (Phi) is 3.28. The van der Waals surface area contributed by atoms with E-state index in [0.29, 0.717) is 6.04 Å². The molecule has 0 saturated carbocycles. The van der Waals surface area contributed by atoms with Gasteiger partial charge in [0.15, 0.2) is 0 Å². The summed E-state index contributed by atoms with van der Waals surface area (Å²) >= 11 is 0. The summed E-state index contributed by atoms with van der Waals surface area (Å²) in [5.74, 6) is 0.178. The van der Waals surface area contributed by atoms with E-state index < -0.39 is 0 Å². The van der Waals surface area contributed by atoms with Gasteiger partial charge in [-0.2, -0.15) is 0 Å². The van der Waals surface area contributed by atoms with Crippen molar-refractivity contribution in [3.63, 3.8) is 0 Å². The molecule has 106 valence electrons. The Morgan fingerprint density at radius 1 is 1.30 bits per heavy atom. The van der Waals surface area contributed by atoms with Gasteiger partial charge in [-0.3, -0.25) is 4.79 Å². The van der Waals surface area contributed by atoms with Gasteiger partial charge in [0.25, 0.3) is 5.91 Å². The molecule has 2 heterocycles. The SMILES string of the molecule is Cc1[nH]c2ccc(C(=O)N3CCCCC3C)cc2c1C. The van der Waals surface area contributed by atoms with E-state index in [1.165, 1.54) is 17.7 Å². The minimum atomic E-state index is 0.178. The van der Waals surface area contributed by atoms with Crippen molar-refractivity contribution in [3.8, 4) is 0 Å². The van der Waals surface area contributed by atoms with E-state index in [1.807, 2.05) is 23.1 Å². The van der Waals surface area contributed by atoms with Crippen molar-refractivity contribution in [1.29, 1.82) is 0 Å². The number of carbonyl (C=O) groups excluding carboxylic acids is 1. The minimum Gasteiger partial charge on any atom is -0.358 e. The average molecular weight is 270 g/mol. The number of hydrogen-bond donors (Lipinski definition) is 1. The van der Waals surface area contributed by atoms with Gasteiger partial charge < -0.3 is 9.88 Å². The van der Waals surface area contributed by atoms with Crippen LogP contribution in [0.4, 0.5) is 0 Å². The molecule has 0 aliphatic carbocycles. The molecular formula is C17H22N2O. The van der Waals surface area contributed by atoms with E-state index in [-0.39, 0.29) is 5.91 Å². The zero-order chi connectivity index (χ0) is 14.3. The van der Waals surface area contributed by atoms with Gasteiger partial charge in [0.2, 0.25) is 0 Å². The van der Waals surface area contributed by atoms with Crippen LogP contribution in [0, 0.1) is 13.8 Å². The second-order valence-corrected chi connectivity index (χ2v) is 5.98. The maximum absolute atomic E-state index is 12.7. The van der Waals surface area contributed by atoms with Crippen molar-refractivity contribution >= 4 is 16.8 Å². The Morgan fingerprint density at radius 3 is 2.85 bits per heavy atom. The van der Waals surface area contributed by atoms with Gasteiger partial charge in [0.1, 0.15) is 0 Å². The fourth-order valence-electron chi connectivity index (χ4n) is 3.16. The van der Waals surface area contributed by atoms with Crippen molar-refractivity contribution in [1.82, 2.24) is 9.88 Å². The Labute approximate surface area is 120 Å². The van der Waals surface area contributed by atoms with E-state index in [9.17, 15) is 4.79 Å². The van der Waals surface area contributed by atoms with Crippen LogP contribution in [0.1, 0.15) is 47.8 Å². The van der Waals surface area contributed by atoms with Crippen LogP contribution in [0.25, 0.3) is 10.9 Å². The highest BCUT2D eigenvalue weighted by Gasteiger charge is 2.24.